The minimum absolute atomic E-state index is 0.0861. The Morgan fingerprint density at radius 3 is 2.57 bits per heavy atom. The van der Waals surface area contributed by atoms with Crippen molar-refractivity contribution in [1.82, 2.24) is 40.1 Å². The van der Waals surface area contributed by atoms with Gasteiger partial charge in [-0.25, -0.2) is 4.98 Å². The molecule has 0 radical (unpaired) electrons. The van der Waals surface area contributed by atoms with Gasteiger partial charge in [-0.3, -0.25) is 29.8 Å². The zero-order chi connectivity index (χ0) is 25.6. The van der Waals surface area contributed by atoms with Crippen LogP contribution in [0.1, 0.15) is 20.8 Å². The van der Waals surface area contributed by atoms with Crippen molar-refractivity contribution in [1.29, 1.82) is 0 Å². The van der Waals surface area contributed by atoms with Crippen LogP contribution in [-0.4, -0.2) is 46.0 Å². The molecule has 3 N–H and O–H groups in total. The van der Waals surface area contributed by atoms with Crippen LogP contribution < -0.4 is 5.32 Å². The highest BCUT2D eigenvalue weighted by Gasteiger charge is 2.22. The lowest BCUT2D eigenvalue weighted by Gasteiger charge is -2.17. The van der Waals surface area contributed by atoms with Gasteiger partial charge in [0.05, 0.1) is 40.5 Å². The summed E-state index contributed by atoms with van der Waals surface area (Å²) in [5.74, 6) is 0.526. The highest BCUT2D eigenvalue weighted by atomic mass is 16.2. The Labute approximate surface area is 211 Å². The van der Waals surface area contributed by atoms with E-state index in [9.17, 15) is 4.79 Å². The van der Waals surface area contributed by atoms with Crippen molar-refractivity contribution in [2.24, 2.45) is 5.41 Å². The second kappa shape index (κ2) is 8.59. The van der Waals surface area contributed by atoms with Crippen LogP contribution in [0.15, 0.2) is 67.5 Å². The zero-order valence-electron chi connectivity index (χ0n) is 20.4. The summed E-state index contributed by atoms with van der Waals surface area (Å²) >= 11 is 0. The molecule has 0 spiro atoms. The maximum atomic E-state index is 12.4. The largest absolute Gasteiger partial charge is 0.336 e. The second-order valence-corrected chi connectivity index (χ2v) is 9.74. The molecular formula is C27H23N9O. The van der Waals surface area contributed by atoms with Crippen LogP contribution >= 0.6 is 0 Å². The molecule has 0 atom stereocenters. The topological polar surface area (TPSA) is 138 Å². The lowest BCUT2D eigenvalue weighted by Crippen LogP contribution is -2.27. The number of anilines is 1. The summed E-state index contributed by atoms with van der Waals surface area (Å²) in [7, 11) is 0. The average Bonchev–Trinajstić information content (AvgIpc) is 3.52. The van der Waals surface area contributed by atoms with E-state index in [2.05, 4.69) is 40.4 Å². The minimum Gasteiger partial charge on any atom is -0.336 e. The first-order valence-corrected chi connectivity index (χ1v) is 11.7. The SMILES string of the molecule is CC(C)(C)C(=O)Nc1cncc(-c2cc3c(-c4nc5c(-c6cccnc6)nccc5[nH]4)n[nH]c3cn2)c1. The van der Waals surface area contributed by atoms with Gasteiger partial charge >= 0.3 is 0 Å². The lowest BCUT2D eigenvalue weighted by atomic mass is 9.95. The van der Waals surface area contributed by atoms with Crippen LogP contribution in [0.3, 0.4) is 0 Å². The van der Waals surface area contributed by atoms with E-state index in [4.69, 9.17) is 4.98 Å². The molecule has 182 valence electrons. The number of rotatable bonds is 4. The van der Waals surface area contributed by atoms with Crippen molar-refractivity contribution in [3.63, 3.8) is 0 Å². The van der Waals surface area contributed by atoms with E-state index in [1.807, 2.05) is 51.1 Å². The van der Waals surface area contributed by atoms with Crippen molar-refractivity contribution in [2.75, 3.05) is 5.32 Å². The summed E-state index contributed by atoms with van der Waals surface area (Å²) in [6, 6.07) is 9.51. The first-order valence-electron chi connectivity index (χ1n) is 11.7. The number of hydrogen-bond donors (Lipinski definition) is 3. The number of hydrogen-bond acceptors (Lipinski definition) is 7. The Morgan fingerprint density at radius 2 is 1.76 bits per heavy atom. The summed E-state index contributed by atoms with van der Waals surface area (Å²) < 4.78 is 0. The highest BCUT2D eigenvalue weighted by molar-refractivity contribution is 5.97. The molecule has 0 aliphatic carbocycles. The molecule has 10 nitrogen and oxygen atoms in total. The molecule has 0 saturated heterocycles. The van der Waals surface area contributed by atoms with Gasteiger partial charge in [0.15, 0.2) is 5.82 Å². The number of carbonyl (C=O) groups excluding carboxylic acids is 1. The van der Waals surface area contributed by atoms with Gasteiger partial charge in [-0.2, -0.15) is 5.10 Å². The minimum atomic E-state index is -0.516. The molecule has 0 aromatic carbocycles. The van der Waals surface area contributed by atoms with Crippen LogP contribution in [0.2, 0.25) is 0 Å². The standard InChI is InChI=1S/C27H23N9O/c1-27(2,3)26(37)32-17-9-16(12-29-13-17)20-10-18-21(14-31-20)35-36-23(18)25-33-19-6-8-30-22(24(19)34-25)15-5-4-7-28-11-15/h4-14H,1-3H3,(H,32,37)(H,33,34)(H,35,36). The van der Waals surface area contributed by atoms with Crippen molar-refractivity contribution in [3.05, 3.63) is 67.5 Å². The molecule has 6 aromatic rings. The molecule has 0 fully saturated rings. The lowest BCUT2D eigenvalue weighted by molar-refractivity contribution is -0.123. The van der Waals surface area contributed by atoms with Crippen LogP contribution in [0.25, 0.3) is 56.0 Å². The average molecular weight is 490 g/mol. The summed E-state index contributed by atoms with van der Waals surface area (Å²) in [6.45, 7) is 5.59. The van der Waals surface area contributed by atoms with E-state index in [0.717, 1.165) is 38.8 Å². The van der Waals surface area contributed by atoms with Crippen LogP contribution in [-0.2, 0) is 4.79 Å². The van der Waals surface area contributed by atoms with Gasteiger partial charge < -0.3 is 10.3 Å². The first-order chi connectivity index (χ1) is 17.9. The fourth-order valence-electron chi connectivity index (χ4n) is 3.98. The fourth-order valence-corrected chi connectivity index (χ4v) is 3.98. The Morgan fingerprint density at radius 1 is 0.892 bits per heavy atom. The number of amides is 1. The number of aromatic amines is 2. The number of nitrogens with one attached hydrogen (secondary N) is 3. The number of fused-ring (bicyclic) bond motifs is 2. The molecule has 0 unspecified atom stereocenters. The van der Waals surface area contributed by atoms with Crippen molar-refractivity contribution in [3.8, 4) is 34.0 Å². The van der Waals surface area contributed by atoms with Crippen molar-refractivity contribution >= 4 is 33.5 Å². The first kappa shape index (κ1) is 22.5. The molecule has 0 aliphatic rings. The van der Waals surface area contributed by atoms with E-state index < -0.39 is 5.41 Å². The summed E-state index contributed by atoms with van der Waals surface area (Å²) in [5.41, 5.74) is 6.22. The van der Waals surface area contributed by atoms with Gasteiger partial charge in [0.25, 0.3) is 0 Å². The smallest absolute Gasteiger partial charge is 0.229 e. The number of pyridine rings is 4. The molecule has 0 bridgehead atoms. The molecule has 1 amide bonds. The Balaban J connectivity index is 1.40. The normalized spacial score (nSPS) is 11.8. The molecule has 6 rings (SSSR count). The molecule has 0 aliphatic heterocycles. The number of carbonyl (C=O) groups is 1. The van der Waals surface area contributed by atoms with Crippen molar-refractivity contribution in [2.45, 2.75) is 20.8 Å². The zero-order valence-corrected chi connectivity index (χ0v) is 20.4. The summed E-state index contributed by atoms with van der Waals surface area (Å²) in [6.07, 6.45) is 10.3. The number of imidazole rings is 1. The Bertz CT molecular complexity index is 1760. The summed E-state index contributed by atoms with van der Waals surface area (Å²) in [4.78, 5) is 38.3. The molecule has 10 heteroatoms. The highest BCUT2D eigenvalue weighted by Crippen LogP contribution is 2.31. The summed E-state index contributed by atoms with van der Waals surface area (Å²) in [5, 5.41) is 11.3. The Kier molecular flexibility index (Phi) is 5.22. The molecule has 6 aromatic heterocycles. The van der Waals surface area contributed by atoms with Gasteiger partial charge in [-0.1, -0.05) is 20.8 Å². The van der Waals surface area contributed by atoms with E-state index in [0.29, 0.717) is 22.9 Å². The van der Waals surface area contributed by atoms with Crippen molar-refractivity contribution < 1.29 is 4.79 Å². The van der Waals surface area contributed by atoms with E-state index in [1.54, 1.807) is 37.2 Å². The predicted octanol–water partition coefficient (Wildman–Crippen LogP) is 5.00. The van der Waals surface area contributed by atoms with E-state index in [1.165, 1.54) is 0 Å². The second-order valence-electron chi connectivity index (χ2n) is 9.74. The third-order valence-corrected chi connectivity index (χ3v) is 5.98. The quantitative estimate of drug-likeness (QED) is 0.317. The van der Waals surface area contributed by atoms with E-state index >= 15 is 0 Å². The van der Waals surface area contributed by atoms with Gasteiger partial charge in [0, 0.05) is 46.7 Å². The van der Waals surface area contributed by atoms with Gasteiger partial charge in [-0.15, -0.1) is 0 Å². The number of aromatic nitrogens is 8. The molecular weight excluding hydrogens is 466 g/mol. The van der Waals surface area contributed by atoms with Crippen LogP contribution in [0.4, 0.5) is 5.69 Å². The third kappa shape index (κ3) is 4.18. The number of H-pyrrole nitrogens is 2. The third-order valence-electron chi connectivity index (χ3n) is 5.98. The van der Waals surface area contributed by atoms with Gasteiger partial charge in [0.2, 0.25) is 5.91 Å². The fraction of sp³-hybridized carbons (Fsp3) is 0.148. The molecule has 37 heavy (non-hydrogen) atoms. The van der Waals surface area contributed by atoms with E-state index in [-0.39, 0.29) is 5.91 Å². The van der Waals surface area contributed by atoms with Crippen LogP contribution in [0.5, 0.6) is 0 Å². The van der Waals surface area contributed by atoms with Gasteiger partial charge in [0.1, 0.15) is 11.2 Å². The monoisotopic (exact) mass is 489 g/mol. The maximum Gasteiger partial charge on any atom is 0.229 e. The maximum absolute atomic E-state index is 12.4. The molecule has 0 saturated carbocycles. The predicted molar refractivity (Wildman–Crippen MR) is 141 cm³/mol. The molecule has 6 heterocycles. The van der Waals surface area contributed by atoms with Crippen LogP contribution in [0, 0.1) is 5.41 Å². The number of nitrogens with zero attached hydrogens (tertiary/aromatic N) is 6. The van der Waals surface area contributed by atoms with Gasteiger partial charge in [-0.05, 0) is 30.3 Å². The Hall–Kier alpha value is -4.99.